The van der Waals surface area contributed by atoms with Crippen LogP contribution in [0.3, 0.4) is 0 Å². The molecule has 0 atom stereocenters. The molecule has 0 heterocycles. The smallest absolute Gasteiger partial charge is 0.411 e. The maximum absolute atomic E-state index is 11.1. The van der Waals surface area contributed by atoms with Crippen molar-refractivity contribution in [3.63, 3.8) is 0 Å². The van der Waals surface area contributed by atoms with Gasteiger partial charge in [-0.2, -0.15) is 0 Å². The second kappa shape index (κ2) is 23.0. The highest BCUT2D eigenvalue weighted by atomic mass is 16.6. The number of nitrogens with one attached hydrogen (secondary N) is 2. The lowest BCUT2D eigenvalue weighted by atomic mass is 10.3. The first-order chi connectivity index (χ1) is 18.5. The number of aliphatic hydroxyl groups is 2. The largest absolute Gasteiger partial charge is 0.495 e. The molecule has 0 saturated carbocycles. The first kappa shape index (κ1) is 33.6. The van der Waals surface area contributed by atoms with Crippen LogP contribution < -0.4 is 20.1 Å². The first-order valence-corrected chi connectivity index (χ1v) is 11.8. The summed E-state index contributed by atoms with van der Waals surface area (Å²) in [5, 5.41) is 21.7. The molecule has 0 aliphatic heterocycles. The number of hydrogen-bond acceptors (Lipinski definition) is 8. The Morgan fingerprint density at radius 3 is 1.39 bits per heavy atom. The minimum atomic E-state index is -0.475. The molecule has 0 bridgehead atoms. The Hall–Kier alpha value is -4.38. The highest BCUT2D eigenvalue weighted by molar-refractivity contribution is 5.87. The zero-order chi connectivity index (χ0) is 28.4. The molecule has 38 heavy (non-hydrogen) atoms. The Bertz CT molecular complexity index is 982. The number of hydrogen-bond donors (Lipinski definition) is 4. The van der Waals surface area contributed by atoms with Crippen LogP contribution in [-0.2, 0) is 9.47 Å². The third-order valence-electron chi connectivity index (χ3n) is 3.95. The van der Waals surface area contributed by atoms with Gasteiger partial charge in [0.05, 0.1) is 52.0 Å². The molecule has 0 fully saturated rings. The molecule has 0 radical (unpaired) electrons. The van der Waals surface area contributed by atoms with Crippen LogP contribution >= 0.6 is 0 Å². The minimum absolute atomic E-state index is 0.0781. The summed E-state index contributed by atoms with van der Waals surface area (Å²) in [5.74, 6) is 11.6. The van der Waals surface area contributed by atoms with Crippen LogP contribution in [0, 0.1) is 23.7 Å². The van der Waals surface area contributed by atoms with Gasteiger partial charge in [0.15, 0.2) is 0 Å². The number of para-hydroxylation sites is 4. The van der Waals surface area contributed by atoms with Gasteiger partial charge in [0.1, 0.15) is 11.5 Å². The lowest BCUT2D eigenvalue weighted by molar-refractivity contribution is 0.167. The highest BCUT2D eigenvalue weighted by Crippen LogP contribution is 2.23. The fourth-order valence-electron chi connectivity index (χ4n) is 2.38. The monoisotopic (exact) mass is 528 g/mol. The molecule has 4 N–H and O–H groups in total. The van der Waals surface area contributed by atoms with E-state index in [0.29, 0.717) is 48.9 Å². The summed E-state index contributed by atoms with van der Waals surface area (Å²) >= 11 is 0. The van der Waals surface area contributed by atoms with Gasteiger partial charge < -0.3 is 29.2 Å². The van der Waals surface area contributed by atoms with Gasteiger partial charge in [0, 0.05) is 12.8 Å². The van der Waals surface area contributed by atoms with Gasteiger partial charge in [-0.25, -0.2) is 9.59 Å². The standard InChI is InChI=1S/2C10H13NO3.C8H10O2/c2*1-3-14-10(12)11-8-6-4-5-7-9(8)13-2;9-7-5-3-1-2-4-6-8-10/h2*4-7H,3H2,1-2H3,(H,11,12);9-10H,5-8H2. The maximum Gasteiger partial charge on any atom is 0.411 e. The van der Waals surface area contributed by atoms with Gasteiger partial charge in [-0.1, -0.05) is 36.1 Å². The van der Waals surface area contributed by atoms with E-state index in [1.807, 2.05) is 24.3 Å². The minimum Gasteiger partial charge on any atom is -0.495 e. The first-order valence-electron chi connectivity index (χ1n) is 11.8. The van der Waals surface area contributed by atoms with Crippen LogP contribution in [0.1, 0.15) is 26.7 Å². The van der Waals surface area contributed by atoms with Crippen molar-refractivity contribution >= 4 is 23.6 Å². The van der Waals surface area contributed by atoms with Crippen LogP contribution in [-0.4, -0.2) is 63.0 Å². The van der Waals surface area contributed by atoms with E-state index < -0.39 is 12.2 Å². The molecule has 10 nitrogen and oxygen atoms in total. The number of rotatable bonds is 8. The number of benzene rings is 2. The van der Waals surface area contributed by atoms with Crippen LogP contribution in [0.2, 0.25) is 0 Å². The number of amides is 2. The molecule has 0 unspecified atom stereocenters. The van der Waals surface area contributed by atoms with E-state index in [1.165, 1.54) is 0 Å². The SMILES string of the molecule is CCOC(=O)Nc1ccccc1OC.CCOC(=O)Nc1ccccc1OC.OCCC#CC#CCCO. The molecule has 0 saturated heterocycles. The Morgan fingerprint density at radius 2 is 1.08 bits per heavy atom. The Balaban J connectivity index is 0.000000551. The van der Waals surface area contributed by atoms with E-state index in [1.54, 1.807) is 52.3 Å². The molecule has 206 valence electrons. The summed E-state index contributed by atoms with van der Waals surface area (Å²) < 4.78 is 19.6. The fraction of sp³-hybridized carbons (Fsp3) is 0.357. The van der Waals surface area contributed by atoms with Crippen LogP contribution in [0.25, 0.3) is 0 Å². The average molecular weight is 529 g/mol. The van der Waals surface area contributed by atoms with Gasteiger partial charge in [-0.3, -0.25) is 10.6 Å². The van der Waals surface area contributed by atoms with Crippen molar-refractivity contribution in [3.8, 4) is 35.2 Å². The maximum atomic E-state index is 11.1. The van der Waals surface area contributed by atoms with Crippen LogP contribution in [0.4, 0.5) is 21.0 Å². The predicted octanol–water partition coefficient (Wildman–Crippen LogP) is 4.29. The van der Waals surface area contributed by atoms with E-state index in [0.717, 1.165) is 0 Å². The van der Waals surface area contributed by atoms with Gasteiger partial charge in [-0.05, 0) is 50.0 Å². The number of methoxy groups -OCH3 is 2. The average Bonchev–Trinajstić information content (AvgIpc) is 2.92. The Morgan fingerprint density at radius 1 is 0.711 bits per heavy atom. The van der Waals surface area contributed by atoms with Crippen molar-refractivity contribution in [1.82, 2.24) is 0 Å². The van der Waals surface area contributed by atoms with E-state index >= 15 is 0 Å². The molecule has 0 aromatic heterocycles. The van der Waals surface area contributed by atoms with Crippen LogP contribution in [0.15, 0.2) is 48.5 Å². The third kappa shape index (κ3) is 16.3. The van der Waals surface area contributed by atoms with Gasteiger partial charge >= 0.3 is 12.2 Å². The number of carbonyl (C=O) groups excluding carboxylic acids is 2. The predicted molar refractivity (Wildman–Crippen MR) is 146 cm³/mol. The molecular formula is C28H36N2O8. The van der Waals surface area contributed by atoms with Crippen molar-refractivity contribution in [2.75, 3.05) is 51.3 Å². The number of ether oxygens (including phenoxy) is 4. The van der Waals surface area contributed by atoms with Crippen molar-refractivity contribution < 1.29 is 38.7 Å². The van der Waals surface area contributed by atoms with E-state index in [4.69, 9.17) is 29.2 Å². The molecule has 2 rings (SSSR count). The lowest BCUT2D eigenvalue weighted by Crippen LogP contribution is -2.13. The molecule has 0 aliphatic rings. The summed E-state index contributed by atoms with van der Waals surface area (Å²) in [4.78, 5) is 22.2. The van der Waals surface area contributed by atoms with E-state index in [-0.39, 0.29) is 13.2 Å². The molecular weight excluding hydrogens is 492 g/mol. The topological polar surface area (TPSA) is 136 Å². The molecule has 0 aliphatic carbocycles. The van der Waals surface area contributed by atoms with Crippen molar-refractivity contribution in [3.05, 3.63) is 48.5 Å². The molecule has 2 aromatic rings. The lowest BCUT2D eigenvalue weighted by Gasteiger charge is -2.08. The molecule has 10 heteroatoms. The fourth-order valence-corrected chi connectivity index (χ4v) is 2.38. The van der Waals surface area contributed by atoms with Crippen molar-refractivity contribution in [1.29, 1.82) is 0 Å². The highest BCUT2D eigenvalue weighted by Gasteiger charge is 2.06. The van der Waals surface area contributed by atoms with E-state index in [2.05, 4.69) is 34.3 Å². The van der Waals surface area contributed by atoms with Gasteiger partial charge in [-0.15, -0.1) is 0 Å². The van der Waals surface area contributed by atoms with Crippen molar-refractivity contribution in [2.24, 2.45) is 0 Å². The summed E-state index contributed by atoms with van der Waals surface area (Å²) in [6.45, 7) is 4.36. The summed E-state index contributed by atoms with van der Waals surface area (Å²) in [7, 11) is 3.09. The summed E-state index contributed by atoms with van der Waals surface area (Å²) in [5.41, 5.74) is 1.21. The number of aliphatic hydroxyl groups excluding tert-OH is 2. The number of anilines is 2. The zero-order valence-corrected chi connectivity index (χ0v) is 22.2. The molecule has 0 spiro atoms. The van der Waals surface area contributed by atoms with Gasteiger partial charge in [0.2, 0.25) is 0 Å². The molecule has 2 amide bonds. The number of carbonyl (C=O) groups is 2. The normalized spacial score (nSPS) is 8.68. The molecule has 2 aromatic carbocycles. The quantitative estimate of drug-likeness (QED) is 0.373. The second-order valence-electron chi connectivity index (χ2n) is 6.64. The van der Waals surface area contributed by atoms with Gasteiger partial charge in [0.25, 0.3) is 0 Å². The van der Waals surface area contributed by atoms with Crippen LogP contribution in [0.5, 0.6) is 11.5 Å². The van der Waals surface area contributed by atoms with Crippen molar-refractivity contribution in [2.45, 2.75) is 26.7 Å². The summed E-state index contributed by atoms with van der Waals surface area (Å²) in [6.07, 6.45) is -0.0178. The Kier molecular flexibility index (Phi) is 20.4. The summed E-state index contributed by atoms with van der Waals surface area (Å²) in [6, 6.07) is 14.3. The van der Waals surface area contributed by atoms with E-state index in [9.17, 15) is 9.59 Å². The third-order valence-corrected chi connectivity index (χ3v) is 3.95. The Labute approximate surface area is 224 Å². The zero-order valence-electron chi connectivity index (χ0n) is 22.2. The second-order valence-corrected chi connectivity index (χ2v) is 6.64.